The molecule has 2 rings (SSSR count). The lowest BCUT2D eigenvalue weighted by atomic mass is 10.3. The maximum Gasteiger partial charge on any atom is 0.274 e. The molecule has 0 fully saturated rings. The van der Waals surface area contributed by atoms with Crippen molar-refractivity contribution in [1.82, 2.24) is 0 Å². The van der Waals surface area contributed by atoms with Gasteiger partial charge in [0.15, 0.2) is 0 Å². The van der Waals surface area contributed by atoms with Crippen LogP contribution in [0, 0.1) is 5.82 Å². The molecule has 0 saturated carbocycles. The number of thiophene rings is 1. The van der Waals surface area contributed by atoms with Crippen LogP contribution in [-0.2, 0) is 14.8 Å². The van der Waals surface area contributed by atoms with E-state index in [0.717, 1.165) is 18.3 Å². The zero-order valence-electron chi connectivity index (χ0n) is 12.9. The Morgan fingerprint density at radius 2 is 1.85 bits per heavy atom. The summed E-state index contributed by atoms with van der Waals surface area (Å²) >= 11 is 12.4. The number of carbonyl (C=O) groups is 2. The van der Waals surface area contributed by atoms with Gasteiger partial charge in [0.2, 0.25) is 0 Å². The van der Waals surface area contributed by atoms with Crippen LogP contribution in [0.3, 0.4) is 0 Å². The van der Waals surface area contributed by atoms with Gasteiger partial charge in [-0.2, -0.15) is 4.31 Å². The molecule has 2 aromatic rings. The molecule has 0 aliphatic carbocycles. The minimum atomic E-state index is -4.81. The van der Waals surface area contributed by atoms with E-state index >= 15 is 0 Å². The zero-order valence-corrected chi connectivity index (χ0v) is 16.1. The summed E-state index contributed by atoms with van der Waals surface area (Å²) in [6.45, 7) is 1.04. The molecule has 140 valence electrons. The summed E-state index contributed by atoms with van der Waals surface area (Å²) in [5.41, 5.74) is 4.94. The molecule has 0 aliphatic rings. The standard InChI is InChI=1S/C14H11Cl2FN2O5S2/c1-6(20)13(22)19(14-8(12(18)21)2-3-25-14)26(23,24)11-9(15)4-7(17)5-10(11)16/h2-6,20H,1H3,(H2,18,21)/t6-/m0/s1. The fraction of sp³-hybridized carbons (Fsp3) is 0.143. The average molecular weight is 441 g/mol. The van der Waals surface area contributed by atoms with Crippen LogP contribution in [0.2, 0.25) is 10.0 Å². The molecule has 1 aromatic carbocycles. The van der Waals surface area contributed by atoms with Crippen molar-refractivity contribution in [2.45, 2.75) is 17.9 Å². The second kappa shape index (κ2) is 7.49. The fourth-order valence-corrected chi connectivity index (χ4v) is 5.79. The third kappa shape index (κ3) is 3.69. The van der Waals surface area contributed by atoms with Gasteiger partial charge in [0.05, 0.1) is 15.6 Å². The molecular weight excluding hydrogens is 430 g/mol. The molecule has 0 saturated heterocycles. The van der Waals surface area contributed by atoms with Crippen LogP contribution in [0.15, 0.2) is 28.5 Å². The number of amides is 2. The number of carbonyl (C=O) groups excluding carboxylic acids is 2. The van der Waals surface area contributed by atoms with Crippen molar-refractivity contribution in [3.8, 4) is 0 Å². The number of hydrogen-bond donors (Lipinski definition) is 2. The number of nitrogens with zero attached hydrogens (tertiary/aromatic N) is 1. The lowest BCUT2D eigenvalue weighted by molar-refractivity contribution is -0.124. The summed E-state index contributed by atoms with van der Waals surface area (Å²) in [4.78, 5) is 23.2. The van der Waals surface area contributed by atoms with Crippen molar-refractivity contribution < 1.29 is 27.5 Å². The minimum Gasteiger partial charge on any atom is -0.384 e. The number of sulfonamides is 1. The Morgan fingerprint density at radius 3 is 2.31 bits per heavy atom. The molecule has 7 nitrogen and oxygen atoms in total. The highest BCUT2D eigenvalue weighted by Crippen LogP contribution is 2.38. The van der Waals surface area contributed by atoms with E-state index in [1.54, 1.807) is 0 Å². The van der Waals surface area contributed by atoms with Crippen LogP contribution in [0.1, 0.15) is 17.3 Å². The average Bonchev–Trinajstić information content (AvgIpc) is 2.94. The number of nitrogens with two attached hydrogens (primary N) is 1. The number of halogens is 3. The van der Waals surface area contributed by atoms with Gasteiger partial charge < -0.3 is 10.8 Å². The van der Waals surface area contributed by atoms with Gasteiger partial charge in [-0.25, -0.2) is 12.8 Å². The molecule has 12 heteroatoms. The number of anilines is 1. The molecule has 3 N–H and O–H groups in total. The smallest absolute Gasteiger partial charge is 0.274 e. The van der Waals surface area contributed by atoms with Crippen molar-refractivity contribution >= 4 is 61.4 Å². The largest absolute Gasteiger partial charge is 0.384 e. The molecule has 0 bridgehead atoms. The lowest BCUT2D eigenvalue weighted by Gasteiger charge is -2.24. The van der Waals surface area contributed by atoms with Gasteiger partial charge >= 0.3 is 0 Å². The quantitative estimate of drug-likeness (QED) is 0.739. The minimum absolute atomic E-state index is 0.188. The summed E-state index contributed by atoms with van der Waals surface area (Å²) in [6.07, 6.45) is -1.74. The normalized spacial score (nSPS) is 12.7. The van der Waals surface area contributed by atoms with Gasteiger partial charge in [0.1, 0.15) is 21.8 Å². The van der Waals surface area contributed by atoms with Gasteiger partial charge in [0.25, 0.3) is 21.8 Å². The van der Waals surface area contributed by atoms with Crippen molar-refractivity contribution in [2.75, 3.05) is 4.31 Å². The van der Waals surface area contributed by atoms with Crippen molar-refractivity contribution in [2.24, 2.45) is 5.73 Å². The number of benzene rings is 1. The molecule has 1 atom stereocenters. The monoisotopic (exact) mass is 440 g/mol. The molecule has 0 radical (unpaired) electrons. The van der Waals surface area contributed by atoms with E-state index in [-0.39, 0.29) is 14.9 Å². The molecule has 2 amide bonds. The summed E-state index contributed by atoms with van der Waals surface area (Å²) in [5, 5.41) is 9.46. The second-order valence-corrected chi connectivity index (χ2v) is 8.42. The molecule has 0 aliphatic heterocycles. The summed E-state index contributed by atoms with van der Waals surface area (Å²) in [7, 11) is -4.81. The highest BCUT2D eigenvalue weighted by atomic mass is 35.5. The second-order valence-electron chi connectivity index (χ2n) is 4.99. The topological polar surface area (TPSA) is 118 Å². The van der Waals surface area contributed by atoms with Gasteiger partial charge in [0, 0.05) is 0 Å². The first-order valence-electron chi connectivity index (χ1n) is 6.77. The zero-order chi connectivity index (χ0) is 19.8. The number of aliphatic hydroxyl groups excluding tert-OH is 1. The SMILES string of the molecule is C[C@H](O)C(=O)N(c1sccc1C(N)=O)S(=O)(=O)c1c(Cl)cc(F)cc1Cl. The van der Waals surface area contributed by atoms with E-state index in [4.69, 9.17) is 28.9 Å². The third-order valence-corrected chi connectivity index (χ3v) is 6.75. The summed E-state index contributed by atoms with van der Waals surface area (Å²) < 4.78 is 39.7. The van der Waals surface area contributed by atoms with Crippen LogP contribution in [0.5, 0.6) is 0 Å². The van der Waals surface area contributed by atoms with Crippen LogP contribution in [0.4, 0.5) is 9.39 Å². The maximum absolute atomic E-state index is 13.4. The molecule has 0 spiro atoms. The molecule has 1 heterocycles. The van der Waals surface area contributed by atoms with E-state index in [0.29, 0.717) is 12.1 Å². The molecular formula is C14H11Cl2FN2O5S2. The predicted octanol–water partition coefficient (Wildman–Crippen LogP) is 2.40. The number of rotatable bonds is 5. The van der Waals surface area contributed by atoms with Crippen LogP contribution in [0.25, 0.3) is 0 Å². The summed E-state index contributed by atoms with van der Waals surface area (Å²) in [6, 6.07) is 2.62. The molecule has 26 heavy (non-hydrogen) atoms. The fourth-order valence-electron chi connectivity index (χ4n) is 2.01. The Balaban J connectivity index is 2.80. The van der Waals surface area contributed by atoms with E-state index in [1.807, 2.05) is 0 Å². The Labute approximate surface area is 161 Å². The Hall–Kier alpha value is -1.72. The van der Waals surface area contributed by atoms with Crippen molar-refractivity contribution in [1.29, 1.82) is 0 Å². The Morgan fingerprint density at radius 1 is 1.31 bits per heavy atom. The maximum atomic E-state index is 13.4. The number of hydrogen-bond acceptors (Lipinski definition) is 6. The highest BCUT2D eigenvalue weighted by Gasteiger charge is 2.39. The number of primary amides is 1. The first-order valence-corrected chi connectivity index (χ1v) is 9.85. The van der Waals surface area contributed by atoms with Gasteiger partial charge in [-0.05, 0) is 30.5 Å². The summed E-state index contributed by atoms with van der Waals surface area (Å²) in [5.74, 6) is -3.15. The van der Waals surface area contributed by atoms with Gasteiger partial charge in [-0.1, -0.05) is 23.2 Å². The van der Waals surface area contributed by atoms with E-state index in [9.17, 15) is 27.5 Å². The first-order chi connectivity index (χ1) is 12.0. The predicted molar refractivity (Wildman–Crippen MR) is 95.6 cm³/mol. The van der Waals surface area contributed by atoms with E-state index in [1.165, 1.54) is 11.4 Å². The van der Waals surface area contributed by atoms with Gasteiger partial charge in [-0.15, -0.1) is 11.3 Å². The van der Waals surface area contributed by atoms with E-state index in [2.05, 4.69) is 0 Å². The highest BCUT2D eigenvalue weighted by molar-refractivity contribution is 7.94. The van der Waals surface area contributed by atoms with Crippen LogP contribution >= 0.6 is 34.5 Å². The Kier molecular flexibility index (Phi) is 5.93. The van der Waals surface area contributed by atoms with Gasteiger partial charge in [-0.3, -0.25) is 9.59 Å². The van der Waals surface area contributed by atoms with Crippen LogP contribution < -0.4 is 10.0 Å². The van der Waals surface area contributed by atoms with Crippen molar-refractivity contribution in [3.05, 3.63) is 45.0 Å². The van der Waals surface area contributed by atoms with Crippen molar-refractivity contribution in [3.63, 3.8) is 0 Å². The van der Waals surface area contributed by atoms with Crippen LogP contribution in [-0.4, -0.2) is 31.4 Å². The lowest BCUT2D eigenvalue weighted by Crippen LogP contribution is -2.43. The van der Waals surface area contributed by atoms with E-state index < -0.39 is 48.7 Å². The molecule has 1 aromatic heterocycles. The molecule has 0 unspecified atom stereocenters. The number of aliphatic hydroxyl groups is 1. The first kappa shape index (κ1) is 20.6. The third-order valence-electron chi connectivity index (χ3n) is 3.11. The Bertz CT molecular complexity index is 968.